The van der Waals surface area contributed by atoms with Crippen LogP contribution in [0.5, 0.6) is 0 Å². The van der Waals surface area contributed by atoms with E-state index in [0.717, 1.165) is 11.1 Å². The van der Waals surface area contributed by atoms with Gasteiger partial charge in [0, 0.05) is 30.6 Å². The van der Waals surface area contributed by atoms with Gasteiger partial charge in [-0.05, 0) is 24.1 Å². The predicted molar refractivity (Wildman–Crippen MR) is 89.2 cm³/mol. The van der Waals surface area contributed by atoms with Crippen molar-refractivity contribution in [1.82, 2.24) is 10.2 Å². The molecule has 130 valence electrons. The summed E-state index contributed by atoms with van der Waals surface area (Å²) < 4.78 is 5.22. The Hall–Kier alpha value is -2.69. The lowest BCUT2D eigenvalue weighted by atomic mass is 10.0. The van der Waals surface area contributed by atoms with Gasteiger partial charge in [-0.2, -0.15) is 0 Å². The van der Waals surface area contributed by atoms with E-state index in [1.807, 2.05) is 6.07 Å². The summed E-state index contributed by atoms with van der Waals surface area (Å²) in [5.74, 6) is 5.01. The largest absolute Gasteiger partial charge is 0.367 e. The molecule has 3 N–H and O–H groups in total. The summed E-state index contributed by atoms with van der Waals surface area (Å²) in [5, 5.41) is 2.30. The van der Waals surface area contributed by atoms with Gasteiger partial charge in [0.05, 0.1) is 6.61 Å². The molecule has 2 aliphatic rings. The van der Waals surface area contributed by atoms with Crippen LogP contribution in [0.1, 0.15) is 34.3 Å². The maximum absolute atomic E-state index is 12.7. The number of rotatable bonds is 4. The Morgan fingerprint density at radius 1 is 1.32 bits per heavy atom. The molecule has 0 radical (unpaired) electrons. The Morgan fingerprint density at radius 3 is 2.92 bits per heavy atom. The van der Waals surface area contributed by atoms with Gasteiger partial charge in [0.25, 0.3) is 5.91 Å². The second-order valence-electron chi connectivity index (χ2n) is 5.87. The Bertz CT molecular complexity index is 778. The number of ether oxygens (including phenoxy) is 1. The number of benzene rings is 1. The minimum absolute atomic E-state index is 0.201. The minimum atomic E-state index is -0.619. The summed E-state index contributed by atoms with van der Waals surface area (Å²) in [6, 6.07) is 4.73. The molecule has 1 atom stereocenters. The van der Waals surface area contributed by atoms with E-state index in [-0.39, 0.29) is 24.8 Å². The maximum Gasteiger partial charge on any atom is 0.255 e. The normalized spacial score (nSPS) is 19.3. The fourth-order valence-corrected chi connectivity index (χ4v) is 3.04. The van der Waals surface area contributed by atoms with Gasteiger partial charge in [-0.25, -0.2) is 0 Å². The van der Waals surface area contributed by atoms with Gasteiger partial charge in [0.1, 0.15) is 12.6 Å². The monoisotopic (exact) mass is 341 g/mol. The average Bonchev–Trinajstić information content (AvgIpc) is 2.92. The van der Waals surface area contributed by atoms with Crippen LogP contribution in [0.3, 0.4) is 0 Å². The molecule has 1 fully saturated rings. The SMILES string of the molecule is NCCOCC#Cc1cccc2c1CN(C1CCC(=O)NC1=O)C2=O. The molecule has 7 heteroatoms. The molecule has 0 bridgehead atoms. The number of imide groups is 1. The van der Waals surface area contributed by atoms with Gasteiger partial charge in [-0.1, -0.05) is 17.9 Å². The van der Waals surface area contributed by atoms with Crippen molar-refractivity contribution in [3.05, 3.63) is 34.9 Å². The number of nitrogens with two attached hydrogens (primary N) is 1. The van der Waals surface area contributed by atoms with E-state index in [9.17, 15) is 14.4 Å². The van der Waals surface area contributed by atoms with Crippen molar-refractivity contribution in [2.24, 2.45) is 5.73 Å². The first kappa shape index (κ1) is 17.1. The number of hydrogen-bond acceptors (Lipinski definition) is 5. The minimum Gasteiger partial charge on any atom is -0.367 e. The molecule has 3 amide bonds. The van der Waals surface area contributed by atoms with Crippen molar-refractivity contribution in [3.8, 4) is 11.8 Å². The number of hydrogen-bond donors (Lipinski definition) is 2. The highest BCUT2D eigenvalue weighted by Crippen LogP contribution is 2.29. The third kappa shape index (κ3) is 3.55. The van der Waals surface area contributed by atoms with E-state index in [2.05, 4.69) is 17.2 Å². The van der Waals surface area contributed by atoms with Crippen molar-refractivity contribution < 1.29 is 19.1 Å². The van der Waals surface area contributed by atoms with E-state index < -0.39 is 11.9 Å². The smallest absolute Gasteiger partial charge is 0.255 e. The summed E-state index contributed by atoms with van der Waals surface area (Å²) in [6.45, 7) is 1.47. The Balaban J connectivity index is 1.78. The molecule has 3 rings (SSSR count). The highest BCUT2D eigenvalue weighted by Gasteiger charge is 2.39. The first-order chi connectivity index (χ1) is 12.1. The topological polar surface area (TPSA) is 102 Å². The van der Waals surface area contributed by atoms with E-state index in [0.29, 0.717) is 31.7 Å². The average molecular weight is 341 g/mol. The number of amides is 3. The summed E-state index contributed by atoms with van der Waals surface area (Å²) in [6.07, 6.45) is 0.583. The highest BCUT2D eigenvalue weighted by molar-refractivity contribution is 6.05. The Kier molecular flexibility index (Phi) is 5.12. The summed E-state index contributed by atoms with van der Waals surface area (Å²) >= 11 is 0. The van der Waals surface area contributed by atoms with Crippen LogP contribution < -0.4 is 11.1 Å². The summed E-state index contributed by atoms with van der Waals surface area (Å²) in [7, 11) is 0. The fraction of sp³-hybridized carbons (Fsp3) is 0.389. The van der Waals surface area contributed by atoms with Crippen LogP contribution in [-0.4, -0.2) is 48.4 Å². The quantitative estimate of drug-likeness (QED) is 0.448. The summed E-state index contributed by atoms with van der Waals surface area (Å²) in [4.78, 5) is 37.6. The molecule has 2 aliphatic heterocycles. The highest BCUT2D eigenvalue weighted by atomic mass is 16.5. The second-order valence-corrected chi connectivity index (χ2v) is 5.87. The molecule has 0 aliphatic carbocycles. The number of nitrogens with one attached hydrogen (secondary N) is 1. The molecule has 0 aromatic heterocycles. The van der Waals surface area contributed by atoms with Crippen LogP contribution in [0.2, 0.25) is 0 Å². The van der Waals surface area contributed by atoms with E-state index in [1.54, 1.807) is 12.1 Å². The van der Waals surface area contributed by atoms with Gasteiger partial charge in [0.15, 0.2) is 0 Å². The zero-order valence-electron chi connectivity index (χ0n) is 13.7. The lowest BCUT2D eigenvalue weighted by molar-refractivity contribution is -0.136. The van der Waals surface area contributed by atoms with Crippen molar-refractivity contribution in [3.63, 3.8) is 0 Å². The van der Waals surface area contributed by atoms with Crippen LogP contribution >= 0.6 is 0 Å². The fourth-order valence-electron chi connectivity index (χ4n) is 3.04. The van der Waals surface area contributed by atoms with Crippen LogP contribution in [0.25, 0.3) is 0 Å². The third-order valence-electron chi connectivity index (χ3n) is 4.24. The first-order valence-electron chi connectivity index (χ1n) is 8.15. The zero-order valence-corrected chi connectivity index (χ0v) is 13.7. The molecule has 0 saturated carbocycles. The van der Waals surface area contributed by atoms with E-state index in [1.165, 1.54) is 4.90 Å². The Labute approximate surface area is 145 Å². The first-order valence-corrected chi connectivity index (χ1v) is 8.15. The van der Waals surface area contributed by atoms with Crippen LogP contribution in [0.15, 0.2) is 18.2 Å². The molecule has 1 aromatic rings. The third-order valence-corrected chi connectivity index (χ3v) is 4.24. The molecule has 25 heavy (non-hydrogen) atoms. The lowest BCUT2D eigenvalue weighted by Crippen LogP contribution is -2.52. The van der Waals surface area contributed by atoms with Crippen LogP contribution in [0, 0.1) is 11.8 Å². The molecular weight excluding hydrogens is 322 g/mol. The van der Waals surface area contributed by atoms with Gasteiger partial charge in [-0.3, -0.25) is 19.7 Å². The molecule has 2 heterocycles. The van der Waals surface area contributed by atoms with Crippen molar-refractivity contribution >= 4 is 17.7 Å². The Morgan fingerprint density at radius 2 is 2.16 bits per heavy atom. The van der Waals surface area contributed by atoms with Gasteiger partial charge < -0.3 is 15.4 Å². The van der Waals surface area contributed by atoms with Crippen LogP contribution in [0.4, 0.5) is 0 Å². The lowest BCUT2D eigenvalue weighted by Gasteiger charge is -2.29. The molecule has 1 saturated heterocycles. The predicted octanol–water partition coefficient (Wildman–Crippen LogP) is -0.226. The second kappa shape index (κ2) is 7.47. The maximum atomic E-state index is 12.7. The standard InChI is InChI=1S/C18H19N3O4/c19-8-10-25-9-2-4-12-3-1-5-13-14(12)11-21(18(13)24)15-6-7-16(22)20-17(15)23/h1,3,5,15H,6-11,19H2,(H,20,22,23). The molecule has 0 spiro atoms. The van der Waals surface area contributed by atoms with E-state index >= 15 is 0 Å². The number of carbonyl (C=O) groups excluding carboxylic acids is 3. The molecule has 1 unspecified atom stereocenters. The van der Waals surface area contributed by atoms with Crippen molar-refractivity contribution in [1.29, 1.82) is 0 Å². The zero-order chi connectivity index (χ0) is 17.8. The van der Waals surface area contributed by atoms with Crippen molar-refractivity contribution in [2.75, 3.05) is 19.8 Å². The molecule has 1 aromatic carbocycles. The van der Waals surface area contributed by atoms with Crippen molar-refractivity contribution in [2.45, 2.75) is 25.4 Å². The number of carbonyl (C=O) groups is 3. The van der Waals surface area contributed by atoms with Gasteiger partial charge in [-0.15, -0.1) is 0 Å². The van der Waals surface area contributed by atoms with E-state index in [4.69, 9.17) is 10.5 Å². The summed E-state index contributed by atoms with van der Waals surface area (Å²) in [5.41, 5.74) is 7.46. The number of fused-ring (bicyclic) bond motifs is 1. The van der Waals surface area contributed by atoms with Crippen LogP contribution in [-0.2, 0) is 20.9 Å². The molecule has 7 nitrogen and oxygen atoms in total. The molecular formula is C18H19N3O4. The van der Waals surface area contributed by atoms with Gasteiger partial charge in [0.2, 0.25) is 11.8 Å². The van der Waals surface area contributed by atoms with Gasteiger partial charge >= 0.3 is 0 Å². The number of nitrogens with zero attached hydrogens (tertiary/aromatic N) is 1. The number of piperidine rings is 1.